The molecule has 0 spiro atoms. The Morgan fingerprint density at radius 1 is 0.571 bits per heavy atom. The molecule has 0 aliphatic carbocycles. The minimum absolute atomic E-state index is 0.713. The van der Waals surface area contributed by atoms with E-state index in [1.807, 2.05) is 51.4 Å². The summed E-state index contributed by atoms with van der Waals surface area (Å²) in [6, 6.07) is 18.5. The SMILES string of the molecule is C=CCCCCCCCCCc1ccc(-c2ccc(-c3ccc(-c4ccc(CC(C)C)s4)s3)s2)s1. The van der Waals surface area contributed by atoms with Crippen LogP contribution in [0.3, 0.4) is 0 Å². The first-order valence-corrected chi connectivity index (χ1v) is 16.4. The van der Waals surface area contributed by atoms with E-state index in [2.05, 4.69) is 69.0 Å². The topological polar surface area (TPSA) is 0 Å². The van der Waals surface area contributed by atoms with Crippen LogP contribution in [0.4, 0.5) is 0 Å². The van der Waals surface area contributed by atoms with Gasteiger partial charge in [0.2, 0.25) is 0 Å². The molecule has 0 atom stereocenters. The van der Waals surface area contributed by atoms with Gasteiger partial charge in [-0.15, -0.1) is 51.9 Å². The van der Waals surface area contributed by atoms with Gasteiger partial charge in [-0.05, 0) is 86.6 Å². The summed E-state index contributed by atoms with van der Waals surface area (Å²) in [5.74, 6) is 0.713. The van der Waals surface area contributed by atoms with Crippen LogP contribution < -0.4 is 0 Å². The van der Waals surface area contributed by atoms with E-state index in [0.29, 0.717) is 5.92 Å². The van der Waals surface area contributed by atoms with E-state index in [-0.39, 0.29) is 0 Å². The van der Waals surface area contributed by atoms with E-state index >= 15 is 0 Å². The van der Waals surface area contributed by atoms with Crippen LogP contribution in [-0.2, 0) is 12.8 Å². The molecule has 4 heteroatoms. The van der Waals surface area contributed by atoms with Crippen molar-refractivity contribution in [2.75, 3.05) is 0 Å². The van der Waals surface area contributed by atoms with Crippen LogP contribution in [0.5, 0.6) is 0 Å². The van der Waals surface area contributed by atoms with E-state index in [0.717, 1.165) is 0 Å². The summed E-state index contributed by atoms with van der Waals surface area (Å²) in [5.41, 5.74) is 0. The van der Waals surface area contributed by atoms with Gasteiger partial charge in [0.05, 0.1) is 0 Å². The van der Waals surface area contributed by atoms with Crippen molar-refractivity contribution in [1.29, 1.82) is 0 Å². The lowest BCUT2D eigenvalue weighted by molar-refractivity contribution is 0.582. The lowest BCUT2D eigenvalue weighted by Crippen LogP contribution is -1.89. The van der Waals surface area contributed by atoms with Crippen LogP contribution in [0.15, 0.2) is 61.2 Å². The Kier molecular flexibility index (Phi) is 10.4. The normalized spacial score (nSPS) is 11.5. The summed E-state index contributed by atoms with van der Waals surface area (Å²) in [5, 5.41) is 0. The van der Waals surface area contributed by atoms with Gasteiger partial charge in [0.15, 0.2) is 0 Å². The quantitative estimate of drug-likeness (QED) is 0.104. The Balaban J connectivity index is 1.26. The molecular formula is C31H38S4. The van der Waals surface area contributed by atoms with Crippen molar-refractivity contribution in [3.05, 3.63) is 70.9 Å². The largest absolute Gasteiger partial charge is 0.139 e. The maximum absolute atomic E-state index is 3.80. The molecule has 0 N–H and O–H groups in total. The molecule has 0 saturated heterocycles. The lowest BCUT2D eigenvalue weighted by Gasteiger charge is -2.01. The van der Waals surface area contributed by atoms with Gasteiger partial charge in [-0.25, -0.2) is 0 Å². The minimum atomic E-state index is 0.713. The second-order valence-corrected chi connectivity index (χ2v) is 14.3. The fraction of sp³-hybridized carbons (Fsp3) is 0.419. The summed E-state index contributed by atoms with van der Waals surface area (Å²) in [7, 11) is 0. The van der Waals surface area contributed by atoms with Gasteiger partial charge in [-0.3, -0.25) is 0 Å². The van der Waals surface area contributed by atoms with Crippen LogP contribution in [0.2, 0.25) is 0 Å². The highest BCUT2D eigenvalue weighted by molar-refractivity contribution is 7.28. The van der Waals surface area contributed by atoms with Crippen LogP contribution >= 0.6 is 45.3 Å². The van der Waals surface area contributed by atoms with E-state index in [1.54, 1.807) is 0 Å². The third kappa shape index (κ3) is 8.01. The van der Waals surface area contributed by atoms with E-state index in [1.165, 1.54) is 103 Å². The highest BCUT2D eigenvalue weighted by atomic mass is 32.1. The number of rotatable bonds is 15. The molecule has 4 aromatic heterocycles. The van der Waals surface area contributed by atoms with Crippen LogP contribution in [0, 0.1) is 5.92 Å². The summed E-state index contributed by atoms with van der Waals surface area (Å²) >= 11 is 7.81. The van der Waals surface area contributed by atoms with Gasteiger partial charge in [0.1, 0.15) is 0 Å². The first-order valence-electron chi connectivity index (χ1n) is 13.1. The van der Waals surface area contributed by atoms with Crippen molar-refractivity contribution >= 4 is 45.3 Å². The molecule has 0 aliphatic rings. The number of thiophene rings is 4. The smallest absolute Gasteiger partial charge is 0.0449 e. The number of allylic oxidation sites excluding steroid dienone is 1. The third-order valence-corrected chi connectivity index (χ3v) is 11.2. The second kappa shape index (κ2) is 13.7. The Morgan fingerprint density at radius 2 is 1.00 bits per heavy atom. The van der Waals surface area contributed by atoms with Crippen LogP contribution in [0.1, 0.15) is 75.0 Å². The molecular weight excluding hydrogens is 501 g/mol. The fourth-order valence-corrected chi connectivity index (χ4v) is 8.90. The molecule has 0 amide bonds. The first kappa shape index (κ1) is 26.6. The monoisotopic (exact) mass is 538 g/mol. The molecule has 4 heterocycles. The Bertz CT molecular complexity index is 1170. The third-order valence-electron chi connectivity index (χ3n) is 6.20. The summed E-state index contributed by atoms with van der Waals surface area (Å²) in [6.45, 7) is 8.39. The Labute approximate surface area is 228 Å². The molecule has 0 saturated carbocycles. The predicted molar refractivity (Wildman–Crippen MR) is 164 cm³/mol. The van der Waals surface area contributed by atoms with E-state index < -0.39 is 0 Å². The summed E-state index contributed by atoms with van der Waals surface area (Å²) in [4.78, 5) is 11.4. The molecule has 0 aromatic carbocycles. The van der Waals surface area contributed by atoms with Gasteiger partial charge in [-0.2, -0.15) is 0 Å². The number of hydrogen-bond acceptors (Lipinski definition) is 4. The van der Waals surface area contributed by atoms with Gasteiger partial charge < -0.3 is 0 Å². The van der Waals surface area contributed by atoms with Gasteiger partial charge >= 0.3 is 0 Å². The molecule has 4 aromatic rings. The average molecular weight is 539 g/mol. The molecule has 0 bridgehead atoms. The van der Waals surface area contributed by atoms with Crippen molar-refractivity contribution in [3.63, 3.8) is 0 Å². The molecule has 186 valence electrons. The second-order valence-electron chi connectivity index (χ2n) is 9.76. The molecule has 0 aliphatic heterocycles. The molecule has 0 radical (unpaired) electrons. The van der Waals surface area contributed by atoms with Crippen molar-refractivity contribution in [1.82, 2.24) is 0 Å². The molecule has 0 fully saturated rings. The Hall–Kier alpha value is -1.46. The first-order chi connectivity index (χ1) is 17.1. The van der Waals surface area contributed by atoms with E-state index in [4.69, 9.17) is 0 Å². The summed E-state index contributed by atoms with van der Waals surface area (Å²) in [6.07, 6.45) is 15.1. The zero-order valence-electron chi connectivity index (χ0n) is 21.2. The zero-order chi connectivity index (χ0) is 24.5. The highest BCUT2D eigenvalue weighted by Crippen LogP contribution is 2.43. The predicted octanol–water partition coefficient (Wildman–Crippen LogP) is 12.0. The van der Waals surface area contributed by atoms with Crippen molar-refractivity contribution < 1.29 is 0 Å². The van der Waals surface area contributed by atoms with Gasteiger partial charge in [-0.1, -0.05) is 52.0 Å². The van der Waals surface area contributed by atoms with Gasteiger partial charge in [0.25, 0.3) is 0 Å². The zero-order valence-corrected chi connectivity index (χ0v) is 24.5. The van der Waals surface area contributed by atoms with Gasteiger partial charge in [0, 0.05) is 39.0 Å². The maximum Gasteiger partial charge on any atom is 0.0449 e. The van der Waals surface area contributed by atoms with Crippen LogP contribution in [-0.4, -0.2) is 0 Å². The summed E-state index contributed by atoms with van der Waals surface area (Å²) < 4.78 is 0. The van der Waals surface area contributed by atoms with Crippen molar-refractivity contribution in [3.8, 4) is 29.3 Å². The standard InChI is InChI=1S/C31H38S4/c1-4-5-6-7-8-9-10-11-12-13-24-14-16-26(32-24)28-18-20-30(34-28)31-21-19-29(35-31)27-17-15-25(33-27)22-23(2)3/h4,14-21,23H,1,5-13,22H2,2-3H3. The van der Waals surface area contributed by atoms with Crippen molar-refractivity contribution in [2.24, 2.45) is 5.92 Å². The number of hydrogen-bond donors (Lipinski definition) is 0. The lowest BCUT2D eigenvalue weighted by atomic mass is 10.1. The number of aryl methyl sites for hydroxylation is 1. The van der Waals surface area contributed by atoms with Crippen molar-refractivity contribution in [2.45, 2.75) is 78.1 Å². The average Bonchev–Trinajstić information content (AvgIpc) is 3.63. The molecule has 0 unspecified atom stereocenters. The Morgan fingerprint density at radius 3 is 1.54 bits per heavy atom. The fourth-order valence-electron chi connectivity index (χ4n) is 4.34. The molecule has 0 nitrogen and oxygen atoms in total. The van der Waals surface area contributed by atoms with E-state index in [9.17, 15) is 0 Å². The number of unbranched alkanes of at least 4 members (excludes halogenated alkanes) is 7. The minimum Gasteiger partial charge on any atom is -0.139 e. The highest BCUT2D eigenvalue weighted by Gasteiger charge is 2.12. The van der Waals surface area contributed by atoms with Crippen LogP contribution in [0.25, 0.3) is 29.3 Å². The molecule has 35 heavy (non-hydrogen) atoms. The molecule has 4 rings (SSSR count). The maximum atomic E-state index is 3.80.